The summed E-state index contributed by atoms with van der Waals surface area (Å²) in [5.74, 6) is 0. The molecule has 2 fully saturated rings. The Hall–Kier alpha value is -1.26. The normalized spacial score (nSPS) is 30.4. The van der Waals surface area contributed by atoms with E-state index in [-0.39, 0.29) is 16.7 Å². The summed E-state index contributed by atoms with van der Waals surface area (Å²) in [5, 5.41) is -0.0540. The molecule has 0 amide bonds. The third-order valence-corrected chi connectivity index (χ3v) is 5.16. The Morgan fingerprint density at radius 2 is 1.91 bits per heavy atom. The summed E-state index contributed by atoms with van der Waals surface area (Å²) in [7, 11) is -2.62. The van der Waals surface area contributed by atoms with Crippen LogP contribution in [-0.2, 0) is 33.2 Å². The summed E-state index contributed by atoms with van der Waals surface area (Å²) < 4.78 is 51.5. The summed E-state index contributed by atoms with van der Waals surface area (Å²) in [5.41, 5.74) is 0.942. The minimum absolute atomic E-state index is 0.0431. The Kier molecular flexibility index (Phi) is 4.56. The summed E-state index contributed by atoms with van der Waals surface area (Å²) in [6.07, 6.45) is -3.15. The molecule has 3 rings (SSSR count). The highest BCUT2D eigenvalue weighted by atomic mass is 32.2. The van der Waals surface area contributed by atoms with Crippen LogP contribution in [-0.4, -0.2) is 52.0 Å². The quantitative estimate of drug-likeness (QED) is 0.584. The van der Waals surface area contributed by atoms with E-state index < -0.39 is 34.7 Å². The van der Waals surface area contributed by atoms with Crippen LogP contribution in [0.1, 0.15) is 5.56 Å². The van der Waals surface area contributed by atoms with E-state index in [9.17, 15) is 8.42 Å². The maximum Gasteiger partial charge on any atom is 0.353 e. The number of benzene rings is 1. The van der Waals surface area contributed by atoms with Gasteiger partial charge in [0.1, 0.15) is 0 Å². The Labute approximate surface area is 139 Å². The van der Waals surface area contributed by atoms with Crippen molar-refractivity contribution in [1.82, 2.24) is 0 Å². The van der Waals surface area contributed by atoms with Gasteiger partial charge in [-0.2, -0.15) is 8.42 Å². The average Bonchev–Trinajstić information content (AvgIpc) is 2.89. The largest absolute Gasteiger partial charge is 0.447 e. The van der Waals surface area contributed by atoms with Crippen LogP contribution in [0.4, 0.5) is 0 Å². The number of rotatable bonds is 4. The fourth-order valence-corrected chi connectivity index (χ4v) is 3.77. The van der Waals surface area contributed by atoms with Gasteiger partial charge in [-0.05, 0) is 19.1 Å². The van der Waals surface area contributed by atoms with E-state index in [1.165, 1.54) is 19.2 Å². The van der Waals surface area contributed by atoms with Crippen molar-refractivity contribution in [3.63, 3.8) is 0 Å². The van der Waals surface area contributed by atoms with Gasteiger partial charge < -0.3 is 18.9 Å². The number of ether oxygens (including phenoxy) is 4. The van der Waals surface area contributed by atoms with Gasteiger partial charge in [-0.25, -0.2) is 0 Å². The van der Waals surface area contributed by atoms with Crippen molar-refractivity contribution in [2.75, 3.05) is 13.7 Å². The Balaban J connectivity index is 1.85. The fraction of sp³-hybridized carbons (Fsp3) is 0.500. The molecule has 1 aromatic carbocycles. The van der Waals surface area contributed by atoms with E-state index in [1.807, 2.05) is 6.92 Å². The van der Waals surface area contributed by atoms with Crippen molar-refractivity contribution in [1.29, 1.82) is 0 Å². The SMILES string of the molecule is CO[C@H]1OC[C@@H]2OC(=S)O[C@@H]2[C@H]1OS(=O)(=O)c1ccc(C)cc1. The molecular weight excluding hydrogens is 344 g/mol. The van der Waals surface area contributed by atoms with E-state index in [4.69, 9.17) is 35.3 Å². The molecule has 4 atom stereocenters. The molecule has 0 bridgehead atoms. The molecule has 2 saturated heterocycles. The Morgan fingerprint density at radius 1 is 1.22 bits per heavy atom. The van der Waals surface area contributed by atoms with Gasteiger partial charge in [-0.3, -0.25) is 4.18 Å². The van der Waals surface area contributed by atoms with Crippen molar-refractivity contribution in [2.45, 2.75) is 36.4 Å². The smallest absolute Gasteiger partial charge is 0.353 e. The molecule has 1 aromatic rings. The van der Waals surface area contributed by atoms with E-state index in [0.717, 1.165) is 5.56 Å². The molecule has 2 aliphatic heterocycles. The lowest BCUT2D eigenvalue weighted by Crippen LogP contribution is -2.54. The molecule has 7 nitrogen and oxygen atoms in total. The highest BCUT2D eigenvalue weighted by Crippen LogP contribution is 2.31. The topological polar surface area (TPSA) is 80.3 Å². The predicted octanol–water partition coefficient (Wildman–Crippen LogP) is 1.14. The van der Waals surface area contributed by atoms with Gasteiger partial charge >= 0.3 is 5.24 Å². The second kappa shape index (κ2) is 6.33. The van der Waals surface area contributed by atoms with Crippen LogP contribution >= 0.6 is 12.2 Å². The monoisotopic (exact) mass is 360 g/mol. The number of thiocarbonyl (C=S) groups is 1. The van der Waals surface area contributed by atoms with E-state index in [1.54, 1.807) is 12.1 Å². The number of hydrogen-bond acceptors (Lipinski definition) is 8. The zero-order valence-corrected chi connectivity index (χ0v) is 14.1. The minimum Gasteiger partial charge on any atom is -0.447 e. The molecule has 2 aliphatic rings. The molecule has 2 heterocycles. The first-order valence-corrected chi connectivity index (χ1v) is 8.74. The van der Waals surface area contributed by atoms with Crippen molar-refractivity contribution in [3.8, 4) is 0 Å². The lowest BCUT2D eigenvalue weighted by molar-refractivity contribution is -0.232. The number of fused-ring (bicyclic) bond motifs is 1. The van der Waals surface area contributed by atoms with E-state index in [0.29, 0.717) is 0 Å². The second-order valence-electron chi connectivity index (χ2n) is 5.25. The van der Waals surface area contributed by atoms with Crippen molar-refractivity contribution < 1.29 is 31.5 Å². The minimum atomic E-state index is -4.01. The maximum absolute atomic E-state index is 12.5. The molecule has 126 valence electrons. The summed E-state index contributed by atoms with van der Waals surface area (Å²) in [6, 6.07) is 6.33. The molecular formula is C14H16O7S2. The van der Waals surface area contributed by atoms with Crippen molar-refractivity contribution in [3.05, 3.63) is 29.8 Å². The van der Waals surface area contributed by atoms with Crippen LogP contribution in [0.5, 0.6) is 0 Å². The van der Waals surface area contributed by atoms with Crippen LogP contribution in [0.2, 0.25) is 0 Å². The average molecular weight is 360 g/mol. The molecule has 0 aromatic heterocycles. The molecule has 9 heteroatoms. The zero-order chi connectivity index (χ0) is 16.6. The van der Waals surface area contributed by atoms with Gasteiger partial charge in [0.05, 0.1) is 11.5 Å². The third-order valence-electron chi connectivity index (χ3n) is 3.64. The highest BCUT2D eigenvalue weighted by molar-refractivity contribution is 7.86. The van der Waals surface area contributed by atoms with Gasteiger partial charge in [-0.15, -0.1) is 0 Å². The van der Waals surface area contributed by atoms with Gasteiger partial charge in [0, 0.05) is 19.3 Å². The molecule has 0 spiro atoms. The number of methoxy groups -OCH3 is 1. The lowest BCUT2D eigenvalue weighted by Gasteiger charge is -2.34. The van der Waals surface area contributed by atoms with Crippen LogP contribution in [0.3, 0.4) is 0 Å². The van der Waals surface area contributed by atoms with Gasteiger partial charge in [0.25, 0.3) is 10.1 Å². The third kappa shape index (κ3) is 3.33. The number of aryl methyl sites for hydroxylation is 1. The molecule has 0 unspecified atom stereocenters. The first-order valence-electron chi connectivity index (χ1n) is 6.92. The highest BCUT2D eigenvalue weighted by Gasteiger charge is 2.51. The van der Waals surface area contributed by atoms with Crippen LogP contribution < -0.4 is 0 Å². The molecule has 0 aliphatic carbocycles. The molecule has 23 heavy (non-hydrogen) atoms. The van der Waals surface area contributed by atoms with Gasteiger partial charge in [0.15, 0.2) is 24.6 Å². The molecule has 0 saturated carbocycles. The summed E-state index contributed by atoms with van der Waals surface area (Å²) >= 11 is 4.86. The molecule has 0 N–H and O–H groups in total. The zero-order valence-electron chi connectivity index (χ0n) is 12.5. The predicted molar refractivity (Wildman–Crippen MR) is 82.3 cm³/mol. The fourth-order valence-electron chi connectivity index (χ4n) is 2.46. The maximum atomic E-state index is 12.5. The first kappa shape index (κ1) is 16.6. The number of hydrogen-bond donors (Lipinski definition) is 0. The van der Waals surface area contributed by atoms with Crippen LogP contribution in [0.15, 0.2) is 29.2 Å². The van der Waals surface area contributed by atoms with Gasteiger partial charge in [0.2, 0.25) is 0 Å². The van der Waals surface area contributed by atoms with E-state index in [2.05, 4.69) is 0 Å². The van der Waals surface area contributed by atoms with Gasteiger partial charge in [-0.1, -0.05) is 17.7 Å². The van der Waals surface area contributed by atoms with E-state index >= 15 is 0 Å². The lowest BCUT2D eigenvalue weighted by atomic mass is 10.1. The standard InChI is InChI=1S/C14H16O7S2/c1-8-3-5-9(6-4-8)23(15,16)21-12-11-10(19-14(22)20-11)7-18-13(12)17-2/h3-6,10-13H,7H2,1-2H3/t10-,11-,12+,13-/m0/s1. The van der Waals surface area contributed by atoms with Crippen LogP contribution in [0, 0.1) is 6.92 Å². The summed E-state index contributed by atoms with van der Waals surface area (Å²) in [6.45, 7) is 2.04. The van der Waals surface area contributed by atoms with Crippen molar-refractivity contribution >= 4 is 27.6 Å². The molecule has 0 radical (unpaired) electrons. The second-order valence-corrected chi connectivity index (χ2v) is 7.16. The first-order chi connectivity index (χ1) is 10.9. The van der Waals surface area contributed by atoms with Crippen LogP contribution in [0.25, 0.3) is 0 Å². The Morgan fingerprint density at radius 3 is 2.57 bits per heavy atom. The Bertz CT molecular complexity index is 686. The van der Waals surface area contributed by atoms with Crippen molar-refractivity contribution in [2.24, 2.45) is 0 Å². The summed E-state index contributed by atoms with van der Waals surface area (Å²) in [4.78, 5) is 0.0431.